The summed E-state index contributed by atoms with van der Waals surface area (Å²) < 4.78 is 33.6. The molecule has 172 valence electrons. The maximum Gasteiger partial charge on any atom is 0.271 e. The number of carbonyl (C=O) groups is 1. The Morgan fingerprint density at radius 3 is 2.30 bits per heavy atom. The Morgan fingerprint density at radius 1 is 1.03 bits per heavy atom. The van der Waals surface area contributed by atoms with Crippen LogP contribution in [0.25, 0.3) is 0 Å². The number of nitrogens with zero attached hydrogens (tertiary/aromatic N) is 1. The Morgan fingerprint density at radius 2 is 1.70 bits per heavy atom. The lowest BCUT2D eigenvalue weighted by molar-refractivity contribution is -0.384. The number of hydrogen-bond donors (Lipinski definition) is 2. The van der Waals surface area contributed by atoms with Crippen LogP contribution in [0, 0.1) is 24.0 Å². The van der Waals surface area contributed by atoms with Gasteiger partial charge in [-0.3, -0.25) is 19.6 Å². The molecule has 0 saturated carbocycles. The van der Waals surface area contributed by atoms with Crippen molar-refractivity contribution in [3.63, 3.8) is 0 Å². The molecule has 0 spiro atoms. The summed E-state index contributed by atoms with van der Waals surface area (Å²) in [5, 5.41) is 13.5. The van der Waals surface area contributed by atoms with Crippen LogP contribution in [0.1, 0.15) is 21.5 Å². The summed E-state index contributed by atoms with van der Waals surface area (Å²) in [5.41, 5.74) is 1.90. The van der Waals surface area contributed by atoms with Crippen molar-refractivity contribution in [2.75, 3.05) is 17.1 Å². The number of non-ortho nitro benzene ring substituents is 1. The largest absolute Gasteiger partial charge is 0.495 e. The summed E-state index contributed by atoms with van der Waals surface area (Å²) in [7, 11) is -2.76. The van der Waals surface area contributed by atoms with Crippen molar-refractivity contribution in [3.05, 3.63) is 86.4 Å². The molecule has 9 nitrogen and oxygen atoms in total. The first-order valence-electron chi connectivity index (χ1n) is 9.54. The number of rotatable bonds is 7. The highest BCUT2D eigenvalue weighted by Gasteiger charge is 2.22. The molecule has 0 unspecified atom stereocenters. The van der Waals surface area contributed by atoms with Gasteiger partial charge in [0.15, 0.2) is 0 Å². The maximum absolute atomic E-state index is 13.0. The van der Waals surface area contributed by atoms with Crippen LogP contribution in [0.5, 0.6) is 5.75 Å². The Labute approximate surface area is 195 Å². The van der Waals surface area contributed by atoms with Crippen LogP contribution in [0.3, 0.4) is 0 Å². The quantitative estimate of drug-likeness (QED) is 0.358. The van der Waals surface area contributed by atoms with Crippen molar-refractivity contribution in [1.29, 1.82) is 0 Å². The molecule has 3 aromatic rings. The highest BCUT2D eigenvalue weighted by Crippen LogP contribution is 2.30. The molecule has 0 aromatic heterocycles. The van der Waals surface area contributed by atoms with E-state index in [0.717, 1.165) is 23.3 Å². The fraction of sp³-hybridized carbons (Fsp3) is 0.136. The van der Waals surface area contributed by atoms with Crippen LogP contribution in [0.4, 0.5) is 17.1 Å². The number of nitro benzene ring substituents is 1. The fourth-order valence-electron chi connectivity index (χ4n) is 3.20. The predicted octanol–water partition coefficient (Wildman–Crippen LogP) is 4.93. The summed E-state index contributed by atoms with van der Waals surface area (Å²) in [4.78, 5) is 23.0. The number of benzene rings is 3. The van der Waals surface area contributed by atoms with Gasteiger partial charge in [0, 0.05) is 23.4 Å². The normalized spacial score (nSPS) is 11.0. The van der Waals surface area contributed by atoms with Gasteiger partial charge in [-0.05, 0) is 61.4 Å². The molecule has 33 heavy (non-hydrogen) atoms. The molecular formula is C22H20ClN3O6S. The maximum atomic E-state index is 13.0. The van der Waals surface area contributed by atoms with E-state index in [2.05, 4.69) is 10.0 Å². The van der Waals surface area contributed by atoms with E-state index in [9.17, 15) is 23.3 Å². The Bertz CT molecular complexity index is 1340. The standard InChI is InChI=1S/C22H20ClN3O6S/c1-13-8-14(2)10-16(9-13)25-33(30,31)21-11-15(4-6-18(21)23)22(27)24-19-12-17(26(28)29)5-7-20(19)32-3/h4-12,25H,1-3H3,(H,24,27). The molecule has 11 heteroatoms. The van der Waals surface area contributed by atoms with Gasteiger partial charge < -0.3 is 10.1 Å². The van der Waals surface area contributed by atoms with Crippen LogP contribution in [0.15, 0.2) is 59.5 Å². The van der Waals surface area contributed by atoms with Gasteiger partial charge >= 0.3 is 0 Å². The molecule has 0 atom stereocenters. The van der Waals surface area contributed by atoms with Crippen LogP contribution >= 0.6 is 11.6 Å². The second kappa shape index (κ2) is 9.47. The number of methoxy groups -OCH3 is 1. The van der Waals surface area contributed by atoms with E-state index < -0.39 is 20.9 Å². The van der Waals surface area contributed by atoms with E-state index in [1.54, 1.807) is 12.1 Å². The number of amides is 1. The summed E-state index contributed by atoms with van der Waals surface area (Å²) in [6, 6.07) is 12.7. The van der Waals surface area contributed by atoms with E-state index in [4.69, 9.17) is 16.3 Å². The molecule has 2 N–H and O–H groups in total. The molecular weight excluding hydrogens is 470 g/mol. The minimum atomic E-state index is -4.11. The van der Waals surface area contributed by atoms with E-state index in [0.29, 0.717) is 5.69 Å². The highest BCUT2D eigenvalue weighted by atomic mass is 35.5. The average molecular weight is 490 g/mol. The van der Waals surface area contributed by atoms with Gasteiger partial charge in [0.05, 0.1) is 22.7 Å². The van der Waals surface area contributed by atoms with Gasteiger partial charge in [-0.15, -0.1) is 0 Å². The molecule has 0 heterocycles. The van der Waals surface area contributed by atoms with E-state index in [-0.39, 0.29) is 32.6 Å². The second-order valence-corrected chi connectivity index (χ2v) is 9.28. The number of nitrogens with one attached hydrogen (secondary N) is 2. The molecule has 3 aromatic carbocycles. The number of carbonyl (C=O) groups excluding carboxylic acids is 1. The average Bonchev–Trinajstić information content (AvgIpc) is 2.72. The monoisotopic (exact) mass is 489 g/mol. The first kappa shape index (κ1) is 24.0. The van der Waals surface area contributed by atoms with Crippen molar-refractivity contribution in [1.82, 2.24) is 0 Å². The van der Waals surface area contributed by atoms with Crippen molar-refractivity contribution < 1.29 is 22.9 Å². The van der Waals surface area contributed by atoms with E-state index in [1.807, 2.05) is 19.9 Å². The van der Waals surface area contributed by atoms with Crippen molar-refractivity contribution in [3.8, 4) is 5.75 Å². The van der Waals surface area contributed by atoms with Gasteiger partial charge in [0.25, 0.3) is 21.6 Å². The van der Waals surface area contributed by atoms with Crippen molar-refractivity contribution >= 4 is 44.6 Å². The van der Waals surface area contributed by atoms with Crippen LogP contribution in [-0.2, 0) is 10.0 Å². The lowest BCUT2D eigenvalue weighted by atomic mass is 10.1. The summed E-state index contributed by atoms with van der Waals surface area (Å²) in [5.74, 6) is -0.499. The highest BCUT2D eigenvalue weighted by molar-refractivity contribution is 7.92. The van der Waals surface area contributed by atoms with Crippen molar-refractivity contribution in [2.45, 2.75) is 18.7 Å². The SMILES string of the molecule is COc1ccc([N+](=O)[O-])cc1NC(=O)c1ccc(Cl)c(S(=O)(=O)Nc2cc(C)cc(C)c2)c1. The van der Waals surface area contributed by atoms with Gasteiger partial charge in [-0.2, -0.15) is 0 Å². The predicted molar refractivity (Wildman–Crippen MR) is 126 cm³/mol. The first-order chi connectivity index (χ1) is 15.5. The zero-order chi connectivity index (χ0) is 24.3. The molecule has 0 saturated heterocycles. The molecule has 0 aliphatic heterocycles. The lowest BCUT2D eigenvalue weighted by Gasteiger charge is -2.13. The molecule has 0 aliphatic rings. The van der Waals surface area contributed by atoms with Crippen LogP contribution < -0.4 is 14.8 Å². The zero-order valence-corrected chi connectivity index (χ0v) is 19.5. The molecule has 0 radical (unpaired) electrons. The molecule has 0 bridgehead atoms. The van der Waals surface area contributed by atoms with Gasteiger partial charge in [-0.25, -0.2) is 8.42 Å². The van der Waals surface area contributed by atoms with Gasteiger partial charge in [0.1, 0.15) is 10.6 Å². The third-order valence-electron chi connectivity index (χ3n) is 4.60. The number of aryl methyl sites for hydroxylation is 2. The zero-order valence-electron chi connectivity index (χ0n) is 17.9. The summed E-state index contributed by atoms with van der Waals surface area (Å²) in [6.07, 6.45) is 0. The number of hydrogen-bond acceptors (Lipinski definition) is 6. The summed E-state index contributed by atoms with van der Waals surface area (Å²) >= 11 is 6.13. The lowest BCUT2D eigenvalue weighted by Crippen LogP contribution is -2.17. The number of halogens is 1. The van der Waals surface area contributed by atoms with Gasteiger partial charge in [-0.1, -0.05) is 17.7 Å². The van der Waals surface area contributed by atoms with Crippen LogP contribution in [0.2, 0.25) is 5.02 Å². The first-order valence-corrected chi connectivity index (χ1v) is 11.4. The van der Waals surface area contributed by atoms with E-state index >= 15 is 0 Å². The molecule has 0 fully saturated rings. The number of nitro groups is 1. The smallest absolute Gasteiger partial charge is 0.271 e. The minimum absolute atomic E-state index is 0.0197. The number of anilines is 2. The third kappa shape index (κ3) is 5.60. The molecule has 0 aliphatic carbocycles. The minimum Gasteiger partial charge on any atom is -0.495 e. The van der Waals surface area contributed by atoms with Crippen molar-refractivity contribution in [2.24, 2.45) is 0 Å². The Hall–Kier alpha value is -3.63. The molecule has 1 amide bonds. The number of ether oxygens (including phenoxy) is 1. The van der Waals surface area contributed by atoms with Crippen LogP contribution in [-0.4, -0.2) is 26.4 Å². The third-order valence-corrected chi connectivity index (χ3v) is 6.46. The second-order valence-electron chi connectivity index (χ2n) is 7.22. The Kier molecular flexibility index (Phi) is 6.89. The van der Waals surface area contributed by atoms with Gasteiger partial charge in [0.2, 0.25) is 0 Å². The Balaban J connectivity index is 1.93. The van der Waals surface area contributed by atoms with E-state index in [1.165, 1.54) is 31.4 Å². The topological polar surface area (TPSA) is 128 Å². The summed E-state index contributed by atoms with van der Waals surface area (Å²) in [6.45, 7) is 3.68. The number of sulfonamides is 1. The fourth-order valence-corrected chi connectivity index (χ4v) is 4.76. The molecule has 3 rings (SSSR count).